The molecule has 1 aliphatic heterocycles. The fourth-order valence-corrected chi connectivity index (χ4v) is 3.14. The van der Waals surface area contributed by atoms with Gasteiger partial charge in [-0.15, -0.1) is 0 Å². The number of nitrogens with one attached hydrogen (secondary N) is 2. The van der Waals surface area contributed by atoms with E-state index < -0.39 is 0 Å². The zero-order valence-corrected chi connectivity index (χ0v) is 11.8. The number of benzene rings is 1. The molecule has 0 spiro atoms. The topological polar surface area (TPSA) is 37.0 Å². The number of ether oxygens (including phenoxy) is 1. The van der Waals surface area contributed by atoms with Crippen molar-refractivity contribution in [2.75, 3.05) is 20.2 Å². The van der Waals surface area contributed by atoms with Crippen LogP contribution in [0.2, 0.25) is 0 Å². The minimum atomic E-state index is 0.762. The minimum Gasteiger partial charge on any atom is -0.497 e. The molecule has 1 saturated heterocycles. The fourth-order valence-electron chi connectivity index (χ4n) is 3.14. The van der Waals surface area contributed by atoms with E-state index in [9.17, 15) is 0 Å². The second-order valence-corrected chi connectivity index (χ2v) is 5.56. The van der Waals surface area contributed by atoms with Crippen LogP contribution in [0.5, 0.6) is 5.75 Å². The van der Waals surface area contributed by atoms with E-state index in [2.05, 4.69) is 29.4 Å². The molecule has 1 atom stereocenters. The molecule has 3 heteroatoms. The molecule has 3 nitrogen and oxygen atoms in total. The number of aromatic amines is 1. The van der Waals surface area contributed by atoms with Gasteiger partial charge in [0.2, 0.25) is 0 Å². The van der Waals surface area contributed by atoms with Crippen molar-refractivity contribution in [3.63, 3.8) is 0 Å². The van der Waals surface area contributed by atoms with Gasteiger partial charge in [-0.25, -0.2) is 0 Å². The average molecular weight is 258 g/mol. The highest BCUT2D eigenvalue weighted by molar-refractivity contribution is 5.86. The van der Waals surface area contributed by atoms with E-state index in [4.69, 9.17) is 4.74 Å². The number of fused-ring (bicyclic) bond motifs is 1. The van der Waals surface area contributed by atoms with E-state index in [0.717, 1.165) is 24.6 Å². The molecule has 0 saturated carbocycles. The molecule has 2 heterocycles. The summed E-state index contributed by atoms with van der Waals surface area (Å²) in [5, 5.41) is 4.82. The van der Waals surface area contributed by atoms with Crippen LogP contribution in [0, 0.1) is 12.8 Å². The lowest BCUT2D eigenvalue weighted by Crippen LogP contribution is -2.30. The van der Waals surface area contributed by atoms with Crippen LogP contribution in [0.25, 0.3) is 10.9 Å². The zero-order valence-electron chi connectivity index (χ0n) is 11.8. The van der Waals surface area contributed by atoms with E-state index in [0.29, 0.717) is 0 Å². The summed E-state index contributed by atoms with van der Waals surface area (Å²) in [7, 11) is 1.73. The van der Waals surface area contributed by atoms with E-state index >= 15 is 0 Å². The zero-order chi connectivity index (χ0) is 13.2. The van der Waals surface area contributed by atoms with Crippen LogP contribution >= 0.6 is 0 Å². The number of hydrogen-bond acceptors (Lipinski definition) is 2. The van der Waals surface area contributed by atoms with Crippen LogP contribution in [0.15, 0.2) is 18.2 Å². The van der Waals surface area contributed by atoms with Crippen LogP contribution in [-0.4, -0.2) is 25.2 Å². The molecule has 0 aliphatic carbocycles. The third-order valence-electron chi connectivity index (χ3n) is 4.22. The number of aromatic nitrogens is 1. The molecular formula is C16H22N2O. The third kappa shape index (κ3) is 2.47. The largest absolute Gasteiger partial charge is 0.497 e. The first-order valence-corrected chi connectivity index (χ1v) is 7.14. The van der Waals surface area contributed by atoms with Gasteiger partial charge in [-0.3, -0.25) is 0 Å². The van der Waals surface area contributed by atoms with Crippen molar-refractivity contribution in [3.05, 3.63) is 29.5 Å². The lowest BCUT2D eigenvalue weighted by atomic mass is 9.91. The molecule has 0 radical (unpaired) electrons. The van der Waals surface area contributed by atoms with Crippen molar-refractivity contribution in [2.45, 2.75) is 26.2 Å². The summed E-state index contributed by atoms with van der Waals surface area (Å²) in [4.78, 5) is 3.49. The van der Waals surface area contributed by atoms with Gasteiger partial charge in [-0.05, 0) is 69.0 Å². The number of H-pyrrole nitrogens is 1. The van der Waals surface area contributed by atoms with Crippen LogP contribution in [-0.2, 0) is 6.42 Å². The Labute approximate surface area is 114 Å². The van der Waals surface area contributed by atoms with Crippen LogP contribution in [0.1, 0.15) is 24.1 Å². The fraction of sp³-hybridized carbons (Fsp3) is 0.500. The molecule has 1 unspecified atom stereocenters. The Morgan fingerprint density at radius 3 is 3.00 bits per heavy atom. The molecule has 1 aromatic heterocycles. The predicted molar refractivity (Wildman–Crippen MR) is 78.9 cm³/mol. The van der Waals surface area contributed by atoms with Gasteiger partial charge in [0.05, 0.1) is 7.11 Å². The number of hydrogen-bond donors (Lipinski definition) is 2. The maximum absolute atomic E-state index is 5.35. The molecule has 0 amide bonds. The molecule has 1 aromatic carbocycles. The summed E-state index contributed by atoms with van der Waals surface area (Å²) in [5.41, 5.74) is 3.98. The van der Waals surface area contributed by atoms with Crippen LogP contribution in [0.4, 0.5) is 0 Å². The summed E-state index contributed by atoms with van der Waals surface area (Å²) < 4.78 is 5.35. The number of aryl methyl sites for hydroxylation is 1. The first-order chi connectivity index (χ1) is 9.28. The third-order valence-corrected chi connectivity index (χ3v) is 4.22. The SMILES string of the molecule is COc1ccc2[nH]c(C)c(CC3CCCNC3)c2c1. The van der Waals surface area contributed by atoms with E-state index in [1.54, 1.807) is 7.11 Å². The Hall–Kier alpha value is -1.48. The monoisotopic (exact) mass is 258 g/mol. The lowest BCUT2D eigenvalue weighted by Gasteiger charge is -2.22. The Kier molecular flexibility index (Phi) is 3.47. The van der Waals surface area contributed by atoms with Crippen molar-refractivity contribution in [1.29, 1.82) is 0 Å². The standard InChI is InChI=1S/C16H22N2O/c1-11-14(8-12-4-3-7-17-10-12)15-9-13(19-2)5-6-16(15)18-11/h5-6,9,12,17-18H,3-4,7-8,10H2,1-2H3. The van der Waals surface area contributed by atoms with Gasteiger partial charge in [0.1, 0.15) is 5.75 Å². The van der Waals surface area contributed by atoms with Crippen molar-refractivity contribution < 1.29 is 4.74 Å². The molecule has 3 rings (SSSR count). The molecular weight excluding hydrogens is 236 g/mol. The summed E-state index contributed by atoms with van der Waals surface area (Å²) in [6.45, 7) is 4.51. The number of methoxy groups -OCH3 is 1. The van der Waals surface area contributed by atoms with Gasteiger partial charge < -0.3 is 15.0 Å². The highest BCUT2D eigenvalue weighted by Gasteiger charge is 2.17. The van der Waals surface area contributed by atoms with Crippen LogP contribution < -0.4 is 10.1 Å². The normalized spacial score (nSPS) is 19.8. The van der Waals surface area contributed by atoms with Gasteiger partial charge in [-0.2, -0.15) is 0 Å². The van der Waals surface area contributed by atoms with E-state index in [1.165, 1.54) is 41.5 Å². The highest BCUT2D eigenvalue weighted by atomic mass is 16.5. The van der Waals surface area contributed by atoms with Gasteiger partial charge in [0.25, 0.3) is 0 Å². The second-order valence-electron chi connectivity index (χ2n) is 5.56. The van der Waals surface area contributed by atoms with Gasteiger partial charge >= 0.3 is 0 Å². The molecule has 102 valence electrons. The summed E-state index contributed by atoms with van der Waals surface area (Å²) in [6.07, 6.45) is 3.80. The molecule has 1 aliphatic rings. The highest BCUT2D eigenvalue weighted by Crippen LogP contribution is 2.29. The quantitative estimate of drug-likeness (QED) is 0.888. The van der Waals surface area contributed by atoms with Gasteiger partial charge in [0.15, 0.2) is 0 Å². The number of piperidine rings is 1. The molecule has 1 fully saturated rings. The lowest BCUT2D eigenvalue weighted by molar-refractivity contribution is 0.376. The first-order valence-electron chi connectivity index (χ1n) is 7.14. The van der Waals surface area contributed by atoms with Crippen molar-refractivity contribution >= 4 is 10.9 Å². The molecule has 19 heavy (non-hydrogen) atoms. The van der Waals surface area contributed by atoms with Gasteiger partial charge in [-0.1, -0.05) is 0 Å². The minimum absolute atomic E-state index is 0.762. The van der Waals surface area contributed by atoms with Crippen LogP contribution in [0.3, 0.4) is 0 Å². The first kappa shape index (κ1) is 12.5. The van der Waals surface area contributed by atoms with Gasteiger partial charge in [0, 0.05) is 16.6 Å². The Morgan fingerprint density at radius 2 is 2.26 bits per heavy atom. The maximum atomic E-state index is 5.35. The van der Waals surface area contributed by atoms with Crippen molar-refractivity contribution in [3.8, 4) is 5.75 Å². The number of rotatable bonds is 3. The summed E-state index contributed by atoms with van der Waals surface area (Å²) in [6, 6.07) is 6.29. The Balaban J connectivity index is 1.94. The van der Waals surface area contributed by atoms with E-state index in [1.807, 2.05) is 6.07 Å². The van der Waals surface area contributed by atoms with E-state index in [-0.39, 0.29) is 0 Å². The van der Waals surface area contributed by atoms with Crippen molar-refractivity contribution in [1.82, 2.24) is 10.3 Å². The average Bonchev–Trinajstić information content (AvgIpc) is 2.76. The summed E-state index contributed by atoms with van der Waals surface area (Å²) >= 11 is 0. The maximum Gasteiger partial charge on any atom is 0.119 e. The summed E-state index contributed by atoms with van der Waals surface area (Å²) in [5.74, 6) is 1.70. The molecule has 2 N–H and O–H groups in total. The second kappa shape index (κ2) is 5.25. The van der Waals surface area contributed by atoms with Crippen molar-refractivity contribution in [2.24, 2.45) is 5.92 Å². The smallest absolute Gasteiger partial charge is 0.119 e. The Bertz CT molecular complexity index is 567. The molecule has 2 aromatic rings. The Morgan fingerprint density at radius 1 is 1.37 bits per heavy atom. The molecule has 0 bridgehead atoms. The predicted octanol–water partition coefficient (Wildman–Crippen LogP) is 3.03.